The highest BCUT2D eigenvalue weighted by molar-refractivity contribution is 6.42. The maximum absolute atomic E-state index is 13.1. The first-order valence-electron chi connectivity index (χ1n) is 9.76. The van der Waals surface area contributed by atoms with Gasteiger partial charge in [0.15, 0.2) is 5.78 Å². The highest BCUT2D eigenvalue weighted by Crippen LogP contribution is 2.30. The van der Waals surface area contributed by atoms with Crippen LogP contribution in [-0.4, -0.2) is 5.78 Å². The summed E-state index contributed by atoms with van der Waals surface area (Å²) in [4.78, 5) is 13.0. The minimum absolute atomic E-state index is 0.0786. The summed E-state index contributed by atoms with van der Waals surface area (Å²) in [6.07, 6.45) is 6.30. The van der Waals surface area contributed by atoms with E-state index in [2.05, 4.69) is 0 Å². The van der Waals surface area contributed by atoms with Gasteiger partial charge in [-0.1, -0.05) is 65.7 Å². The zero-order valence-electron chi connectivity index (χ0n) is 16.2. The van der Waals surface area contributed by atoms with E-state index in [-0.39, 0.29) is 11.6 Å². The Bertz CT molecular complexity index is 1140. The number of hydrogen-bond donors (Lipinski definition) is 0. The lowest BCUT2D eigenvalue weighted by Crippen LogP contribution is -2.12. The second-order valence-electron chi connectivity index (χ2n) is 7.32. The molecule has 0 atom stereocenters. The van der Waals surface area contributed by atoms with E-state index in [0.717, 1.165) is 52.7 Å². The van der Waals surface area contributed by atoms with Crippen molar-refractivity contribution in [3.63, 3.8) is 0 Å². The van der Waals surface area contributed by atoms with Crippen molar-refractivity contribution < 1.29 is 9.18 Å². The highest BCUT2D eigenvalue weighted by Gasteiger charge is 2.20. The second-order valence-corrected chi connectivity index (χ2v) is 8.14. The number of hydrogen-bond acceptors (Lipinski definition) is 1. The molecular formula is C26H19Cl2FO. The van der Waals surface area contributed by atoms with Crippen LogP contribution in [-0.2, 0) is 4.79 Å². The Morgan fingerprint density at radius 3 is 1.83 bits per heavy atom. The quantitative estimate of drug-likeness (QED) is 0.379. The lowest BCUT2D eigenvalue weighted by atomic mass is 9.86. The second kappa shape index (κ2) is 8.99. The molecular weight excluding hydrogens is 418 g/mol. The molecule has 1 aliphatic carbocycles. The smallest absolute Gasteiger partial charge is 0.185 e. The van der Waals surface area contributed by atoms with E-state index in [4.69, 9.17) is 23.2 Å². The molecule has 0 radical (unpaired) electrons. The standard InChI is InChI=1S/C26H19Cl2FO/c27-24-13-6-18(16-25(24)28)15-22-3-1-2-21(26(22)30)14-17-4-7-19(8-5-17)20-9-11-23(29)12-10-20/h4-16H,1-3H2/b21-14+,22-15+. The van der Waals surface area contributed by atoms with Gasteiger partial charge in [0.1, 0.15) is 5.82 Å². The van der Waals surface area contributed by atoms with E-state index in [9.17, 15) is 9.18 Å². The lowest BCUT2D eigenvalue weighted by molar-refractivity contribution is -0.112. The van der Waals surface area contributed by atoms with Crippen molar-refractivity contribution in [1.29, 1.82) is 0 Å². The summed E-state index contributed by atoms with van der Waals surface area (Å²) in [5, 5.41) is 0.977. The van der Waals surface area contributed by atoms with E-state index < -0.39 is 0 Å². The van der Waals surface area contributed by atoms with Crippen molar-refractivity contribution in [1.82, 2.24) is 0 Å². The van der Waals surface area contributed by atoms with Gasteiger partial charge in [-0.15, -0.1) is 0 Å². The molecule has 3 aromatic carbocycles. The number of allylic oxidation sites excluding steroid dienone is 2. The first-order chi connectivity index (χ1) is 14.5. The van der Waals surface area contributed by atoms with Crippen LogP contribution in [0.2, 0.25) is 10.0 Å². The minimum atomic E-state index is -0.249. The van der Waals surface area contributed by atoms with Crippen LogP contribution in [0.1, 0.15) is 30.4 Å². The maximum atomic E-state index is 13.1. The fourth-order valence-electron chi connectivity index (χ4n) is 3.60. The maximum Gasteiger partial charge on any atom is 0.185 e. The van der Waals surface area contributed by atoms with Crippen molar-refractivity contribution in [2.45, 2.75) is 19.3 Å². The predicted octanol–water partition coefficient (Wildman–Crippen LogP) is 8.02. The molecule has 0 saturated heterocycles. The molecule has 0 aliphatic heterocycles. The summed E-state index contributed by atoms with van der Waals surface area (Å²) in [6, 6.07) is 19.7. The third-order valence-electron chi connectivity index (χ3n) is 5.19. The van der Waals surface area contributed by atoms with Crippen LogP contribution in [0.15, 0.2) is 77.9 Å². The van der Waals surface area contributed by atoms with Gasteiger partial charge in [-0.05, 0) is 77.9 Å². The molecule has 4 rings (SSSR count). The summed E-state index contributed by atoms with van der Waals surface area (Å²) < 4.78 is 13.1. The number of halogens is 3. The van der Waals surface area contributed by atoms with Crippen LogP contribution >= 0.6 is 23.2 Å². The van der Waals surface area contributed by atoms with E-state index in [1.807, 2.05) is 42.5 Å². The molecule has 1 fully saturated rings. The van der Waals surface area contributed by atoms with Crippen molar-refractivity contribution >= 4 is 41.1 Å². The number of carbonyl (C=O) groups is 1. The fourth-order valence-corrected chi connectivity index (χ4v) is 3.90. The molecule has 0 spiro atoms. The topological polar surface area (TPSA) is 17.1 Å². The third-order valence-corrected chi connectivity index (χ3v) is 5.93. The first-order valence-corrected chi connectivity index (χ1v) is 10.5. The van der Waals surface area contributed by atoms with Gasteiger partial charge in [0.2, 0.25) is 0 Å². The Morgan fingerprint density at radius 1 is 0.700 bits per heavy atom. The lowest BCUT2D eigenvalue weighted by Gasteiger charge is -2.17. The molecule has 1 nitrogen and oxygen atoms in total. The number of ketones is 1. The van der Waals surface area contributed by atoms with Crippen LogP contribution in [0.25, 0.3) is 23.3 Å². The molecule has 3 aromatic rings. The van der Waals surface area contributed by atoms with Gasteiger partial charge in [0.25, 0.3) is 0 Å². The molecule has 4 heteroatoms. The average molecular weight is 437 g/mol. The van der Waals surface area contributed by atoms with Gasteiger partial charge >= 0.3 is 0 Å². The van der Waals surface area contributed by atoms with Crippen LogP contribution in [0.5, 0.6) is 0 Å². The predicted molar refractivity (Wildman–Crippen MR) is 123 cm³/mol. The molecule has 1 saturated carbocycles. The molecule has 0 heterocycles. The zero-order valence-corrected chi connectivity index (χ0v) is 17.7. The van der Waals surface area contributed by atoms with Crippen molar-refractivity contribution in [2.75, 3.05) is 0 Å². The van der Waals surface area contributed by atoms with E-state index in [1.54, 1.807) is 24.3 Å². The number of carbonyl (C=O) groups excluding carboxylic acids is 1. The van der Waals surface area contributed by atoms with Gasteiger partial charge < -0.3 is 0 Å². The number of benzene rings is 3. The largest absolute Gasteiger partial charge is 0.289 e. The zero-order chi connectivity index (χ0) is 21.1. The van der Waals surface area contributed by atoms with Gasteiger partial charge in [-0.25, -0.2) is 4.39 Å². The molecule has 0 amide bonds. The van der Waals surface area contributed by atoms with Crippen LogP contribution < -0.4 is 0 Å². The molecule has 30 heavy (non-hydrogen) atoms. The fraction of sp³-hybridized carbons (Fsp3) is 0.115. The monoisotopic (exact) mass is 436 g/mol. The first kappa shape index (κ1) is 20.6. The van der Waals surface area contributed by atoms with E-state index in [0.29, 0.717) is 10.0 Å². The molecule has 0 unspecified atom stereocenters. The molecule has 0 N–H and O–H groups in total. The number of rotatable bonds is 3. The molecule has 150 valence electrons. The van der Waals surface area contributed by atoms with Crippen LogP contribution in [0, 0.1) is 5.82 Å². The van der Waals surface area contributed by atoms with Crippen LogP contribution in [0.3, 0.4) is 0 Å². The Hall–Kier alpha value is -2.68. The van der Waals surface area contributed by atoms with Crippen molar-refractivity contribution in [2.24, 2.45) is 0 Å². The Balaban J connectivity index is 1.55. The minimum Gasteiger partial charge on any atom is -0.289 e. The molecule has 0 bridgehead atoms. The summed E-state index contributed by atoms with van der Waals surface area (Å²) in [6.45, 7) is 0. The van der Waals surface area contributed by atoms with E-state index >= 15 is 0 Å². The average Bonchev–Trinajstić information content (AvgIpc) is 2.75. The summed E-state index contributed by atoms with van der Waals surface area (Å²) in [5.41, 5.74) is 5.40. The number of Topliss-reactive ketones (excluding diaryl/α,β-unsaturated/α-hetero) is 1. The molecule has 0 aromatic heterocycles. The van der Waals surface area contributed by atoms with Crippen molar-refractivity contribution in [3.05, 3.63) is 105 Å². The normalized spacial score (nSPS) is 17.0. The SMILES string of the molecule is O=C1/C(=C/c2ccc(-c3ccc(F)cc3)cc2)CCC/C1=C\c1ccc(Cl)c(Cl)c1. The van der Waals surface area contributed by atoms with Gasteiger partial charge in [0, 0.05) is 11.1 Å². The van der Waals surface area contributed by atoms with Gasteiger partial charge in [-0.3, -0.25) is 4.79 Å². The Morgan fingerprint density at radius 2 is 1.23 bits per heavy atom. The Kier molecular flexibility index (Phi) is 6.17. The van der Waals surface area contributed by atoms with Crippen molar-refractivity contribution in [3.8, 4) is 11.1 Å². The third kappa shape index (κ3) is 4.72. The van der Waals surface area contributed by atoms with E-state index in [1.165, 1.54) is 12.1 Å². The summed E-state index contributed by atoms with van der Waals surface area (Å²) >= 11 is 12.1. The summed E-state index contributed by atoms with van der Waals surface area (Å²) in [5.74, 6) is -0.171. The van der Waals surface area contributed by atoms with Gasteiger partial charge in [0.05, 0.1) is 10.0 Å². The summed E-state index contributed by atoms with van der Waals surface area (Å²) in [7, 11) is 0. The van der Waals surface area contributed by atoms with Gasteiger partial charge in [-0.2, -0.15) is 0 Å². The highest BCUT2D eigenvalue weighted by atomic mass is 35.5. The van der Waals surface area contributed by atoms with Crippen LogP contribution in [0.4, 0.5) is 4.39 Å². The Labute approximate surface area is 185 Å². The molecule has 1 aliphatic rings.